The number of pyridine rings is 1. The highest BCUT2D eigenvalue weighted by Gasteiger charge is 2.14. The second-order valence-electron chi connectivity index (χ2n) is 3.88. The van der Waals surface area contributed by atoms with E-state index in [1.807, 2.05) is 0 Å². The van der Waals surface area contributed by atoms with Crippen LogP contribution in [-0.4, -0.2) is 4.98 Å². The van der Waals surface area contributed by atoms with E-state index in [1.54, 1.807) is 37.5 Å². The molecule has 1 aromatic carbocycles. The van der Waals surface area contributed by atoms with Gasteiger partial charge < -0.3 is 10.5 Å². The zero-order valence-electron chi connectivity index (χ0n) is 9.73. The maximum Gasteiger partial charge on any atom is 0.146 e. The third-order valence-corrected chi connectivity index (χ3v) is 2.81. The highest BCUT2D eigenvalue weighted by Crippen LogP contribution is 2.31. The molecule has 1 heterocycles. The first-order chi connectivity index (χ1) is 8.58. The van der Waals surface area contributed by atoms with Gasteiger partial charge in [-0.2, -0.15) is 0 Å². The van der Waals surface area contributed by atoms with Crippen LogP contribution in [0.3, 0.4) is 0 Å². The van der Waals surface area contributed by atoms with Crippen LogP contribution in [0.4, 0.5) is 4.39 Å². The molecule has 5 heteroatoms. The van der Waals surface area contributed by atoms with Gasteiger partial charge in [-0.05, 0) is 41.1 Å². The van der Waals surface area contributed by atoms with Crippen molar-refractivity contribution in [2.75, 3.05) is 0 Å². The SMILES string of the molecule is C[C@H](N)c1c(F)cccc1Oc1cncc(Br)c1. The van der Waals surface area contributed by atoms with Gasteiger partial charge in [-0.25, -0.2) is 4.39 Å². The van der Waals surface area contributed by atoms with E-state index in [2.05, 4.69) is 20.9 Å². The van der Waals surface area contributed by atoms with Gasteiger partial charge in [0.25, 0.3) is 0 Å². The maximum atomic E-state index is 13.7. The van der Waals surface area contributed by atoms with E-state index in [9.17, 15) is 4.39 Å². The molecular formula is C13H12BrFN2O. The number of nitrogens with two attached hydrogens (primary N) is 1. The quantitative estimate of drug-likeness (QED) is 0.938. The molecule has 3 nitrogen and oxygen atoms in total. The van der Waals surface area contributed by atoms with Crippen molar-refractivity contribution in [1.82, 2.24) is 4.98 Å². The number of nitrogens with zero attached hydrogens (tertiary/aromatic N) is 1. The predicted octanol–water partition coefficient (Wildman–Crippen LogP) is 3.80. The molecule has 18 heavy (non-hydrogen) atoms. The van der Waals surface area contributed by atoms with Gasteiger partial charge in [0.05, 0.1) is 6.20 Å². The summed E-state index contributed by atoms with van der Waals surface area (Å²) in [6.45, 7) is 1.71. The molecule has 0 amide bonds. The lowest BCUT2D eigenvalue weighted by Crippen LogP contribution is -2.09. The molecule has 0 radical (unpaired) electrons. The van der Waals surface area contributed by atoms with E-state index in [-0.39, 0.29) is 5.82 Å². The summed E-state index contributed by atoms with van der Waals surface area (Å²) in [5.41, 5.74) is 6.11. The average molecular weight is 311 g/mol. The smallest absolute Gasteiger partial charge is 0.146 e. The van der Waals surface area contributed by atoms with Crippen LogP contribution in [0.25, 0.3) is 0 Å². The zero-order chi connectivity index (χ0) is 13.1. The Bertz CT molecular complexity index is 560. The molecule has 0 bridgehead atoms. The first-order valence-electron chi connectivity index (χ1n) is 5.40. The Morgan fingerprint density at radius 3 is 2.83 bits per heavy atom. The summed E-state index contributed by atoms with van der Waals surface area (Å²) >= 11 is 3.30. The number of halogens is 2. The van der Waals surface area contributed by atoms with E-state index in [1.165, 1.54) is 6.07 Å². The molecule has 0 saturated carbocycles. The largest absolute Gasteiger partial charge is 0.455 e. The lowest BCUT2D eigenvalue weighted by molar-refractivity contribution is 0.458. The Labute approximate surface area is 113 Å². The van der Waals surface area contributed by atoms with E-state index in [0.29, 0.717) is 17.1 Å². The highest BCUT2D eigenvalue weighted by atomic mass is 79.9. The van der Waals surface area contributed by atoms with Crippen molar-refractivity contribution in [1.29, 1.82) is 0 Å². The van der Waals surface area contributed by atoms with Gasteiger partial charge in [0.1, 0.15) is 17.3 Å². The fraction of sp³-hybridized carbons (Fsp3) is 0.154. The third-order valence-electron chi connectivity index (χ3n) is 2.38. The van der Waals surface area contributed by atoms with Crippen molar-refractivity contribution < 1.29 is 9.13 Å². The Kier molecular flexibility index (Phi) is 3.93. The van der Waals surface area contributed by atoms with Gasteiger partial charge in [0.15, 0.2) is 0 Å². The van der Waals surface area contributed by atoms with E-state index in [0.717, 1.165) is 4.47 Å². The summed E-state index contributed by atoms with van der Waals surface area (Å²) in [6, 6.07) is 5.94. The second kappa shape index (κ2) is 5.46. The Balaban J connectivity index is 2.37. The van der Waals surface area contributed by atoms with Gasteiger partial charge in [-0.15, -0.1) is 0 Å². The molecule has 2 aromatic rings. The van der Waals surface area contributed by atoms with E-state index < -0.39 is 6.04 Å². The number of hydrogen-bond donors (Lipinski definition) is 1. The van der Waals surface area contributed by atoms with E-state index in [4.69, 9.17) is 10.5 Å². The summed E-state index contributed by atoms with van der Waals surface area (Å²) in [4.78, 5) is 3.98. The van der Waals surface area contributed by atoms with Crippen molar-refractivity contribution in [3.05, 3.63) is 52.5 Å². The van der Waals surface area contributed by atoms with Gasteiger partial charge in [0, 0.05) is 22.3 Å². The van der Waals surface area contributed by atoms with E-state index >= 15 is 0 Å². The van der Waals surface area contributed by atoms with Crippen LogP contribution in [0.15, 0.2) is 41.1 Å². The number of ether oxygens (including phenoxy) is 1. The number of rotatable bonds is 3. The summed E-state index contributed by atoms with van der Waals surface area (Å²) in [5.74, 6) is 0.562. The molecule has 0 saturated heterocycles. The van der Waals surface area contributed by atoms with Crippen molar-refractivity contribution in [2.45, 2.75) is 13.0 Å². The standard InChI is InChI=1S/C13H12BrFN2O/c1-8(16)13-11(15)3-2-4-12(13)18-10-5-9(14)6-17-7-10/h2-8H,16H2,1H3/t8-/m0/s1. The molecule has 0 unspecified atom stereocenters. The normalized spacial score (nSPS) is 12.2. The van der Waals surface area contributed by atoms with Crippen LogP contribution >= 0.6 is 15.9 Å². The molecule has 0 aliphatic carbocycles. The van der Waals surface area contributed by atoms with Crippen molar-refractivity contribution in [2.24, 2.45) is 5.73 Å². The number of aromatic nitrogens is 1. The molecule has 0 aliphatic rings. The molecule has 0 aliphatic heterocycles. The minimum atomic E-state index is -0.443. The second-order valence-corrected chi connectivity index (χ2v) is 4.80. The molecule has 0 fully saturated rings. The van der Waals surface area contributed by atoms with Crippen molar-refractivity contribution in [3.8, 4) is 11.5 Å². The van der Waals surface area contributed by atoms with Gasteiger partial charge >= 0.3 is 0 Å². The van der Waals surface area contributed by atoms with Crippen LogP contribution in [0.1, 0.15) is 18.5 Å². The summed E-state index contributed by atoms with van der Waals surface area (Å²) in [6.07, 6.45) is 3.20. The maximum absolute atomic E-state index is 13.7. The first-order valence-corrected chi connectivity index (χ1v) is 6.19. The molecule has 2 N–H and O–H groups in total. The fourth-order valence-electron chi connectivity index (χ4n) is 1.62. The minimum absolute atomic E-state index is 0.359. The van der Waals surface area contributed by atoms with Gasteiger partial charge in [0.2, 0.25) is 0 Å². The third kappa shape index (κ3) is 2.86. The molecule has 1 atom stereocenters. The minimum Gasteiger partial charge on any atom is -0.455 e. The predicted molar refractivity (Wildman–Crippen MR) is 71.0 cm³/mol. The summed E-state index contributed by atoms with van der Waals surface area (Å²) < 4.78 is 20.1. The summed E-state index contributed by atoms with van der Waals surface area (Å²) in [5, 5.41) is 0. The van der Waals surface area contributed by atoms with Gasteiger partial charge in [-0.3, -0.25) is 4.98 Å². The Hall–Kier alpha value is -1.46. The van der Waals surface area contributed by atoms with Crippen LogP contribution in [0.2, 0.25) is 0 Å². The van der Waals surface area contributed by atoms with Crippen molar-refractivity contribution >= 4 is 15.9 Å². The van der Waals surface area contributed by atoms with Crippen molar-refractivity contribution in [3.63, 3.8) is 0 Å². The molecule has 2 rings (SSSR count). The fourth-order valence-corrected chi connectivity index (χ4v) is 1.97. The molecule has 1 aromatic heterocycles. The number of hydrogen-bond acceptors (Lipinski definition) is 3. The summed E-state index contributed by atoms with van der Waals surface area (Å²) in [7, 11) is 0. The topological polar surface area (TPSA) is 48.1 Å². The monoisotopic (exact) mass is 310 g/mol. The molecule has 0 spiro atoms. The van der Waals surface area contributed by atoms with Crippen LogP contribution in [-0.2, 0) is 0 Å². The van der Waals surface area contributed by atoms with Crippen LogP contribution in [0, 0.1) is 5.82 Å². The first kappa shape index (κ1) is 13.0. The highest BCUT2D eigenvalue weighted by molar-refractivity contribution is 9.10. The van der Waals surface area contributed by atoms with Gasteiger partial charge in [-0.1, -0.05) is 6.07 Å². The molecule has 94 valence electrons. The lowest BCUT2D eigenvalue weighted by Gasteiger charge is -2.14. The molecular weight excluding hydrogens is 299 g/mol. The lowest BCUT2D eigenvalue weighted by atomic mass is 10.1. The Morgan fingerprint density at radius 1 is 1.39 bits per heavy atom. The Morgan fingerprint density at radius 2 is 2.17 bits per heavy atom. The van der Waals surface area contributed by atoms with Crippen LogP contribution in [0.5, 0.6) is 11.5 Å². The average Bonchev–Trinajstić information content (AvgIpc) is 2.28. The van der Waals surface area contributed by atoms with Crippen LogP contribution < -0.4 is 10.5 Å². The number of benzene rings is 1. The zero-order valence-corrected chi connectivity index (χ0v) is 11.3.